The highest BCUT2D eigenvalue weighted by atomic mass is 19.1. The summed E-state index contributed by atoms with van der Waals surface area (Å²) < 4.78 is 16.7. The van der Waals surface area contributed by atoms with Crippen LogP contribution in [0, 0.1) is 5.82 Å². The third kappa shape index (κ3) is 2.10. The molecule has 0 unspecified atom stereocenters. The van der Waals surface area contributed by atoms with Crippen LogP contribution < -0.4 is 5.69 Å². The van der Waals surface area contributed by atoms with Gasteiger partial charge >= 0.3 is 5.69 Å². The number of halogens is 1. The van der Waals surface area contributed by atoms with E-state index in [4.69, 9.17) is 0 Å². The average molecular weight is 325 g/mol. The van der Waals surface area contributed by atoms with E-state index in [0.717, 1.165) is 30.5 Å². The van der Waals surface area contributed by atoms with Crippen LogP contribution in [0.1, 0.15) is 35.8 Å². The number of hydrogen-bond donors (Lipinski definition) is 0. The van der Waals surface area contributed by atoms with E-state index in [1.807, 2.05) is 0 Å². The van der Waals surface area contributed by atoms with E-state index in [1.165, 1.54) is 28.2 Å². The van der Waals surface area contributed by atoms with Crippen LogP contribution in [0.3, 0.4) is 0 Å². The van der Waals surface area contributed by atoms with Crippen molar-refractivity contribution < 1.29 is 9.18 Å². The molecule has 0 radical (unpaired) electrons. The number of aryl methyl sites for hydroxylation is 1. The largest absolute Gasteiger partial charge is 0.340 e. The van der Waals surface area contributed by atoms with Crippen molar-refractivity contribution in [2.45, 2.75) is 32.6 Å². The second kappa shape index (κ2) is 5.40. The van der Waals surface area contributed by atoms with E-state index in [-0.39, 0.29) is 11.7 Å². The van der Waals surface area contributed by atoms with Crippen molar-refractivity contribution in [3.63, 3.8) is 0 Å². The Kier molecular flexibility index (Phi) is 3.33. The molecule has 3 aromatic rings. The molecule has 0 N–H and O–H groups in total. The Balaban J connectivity index is 2.07. The molecular formula is C18H16FN3O2. The first kappa shape index (κ1) is 14.8. The maximum atomic E-state index is 14.1. The van der Waals surface area contributed by atoms with Crippen molar-refractivity contribution in [3.8, 4) is 11.3 Å². The lowest BCUT2D eigenvalue weighted by atomic mass is 9.96. The fourth-order valence-electron chi connectivity index (χ4n) is 3.46. The Morgan fingerprint density at radius 3 is 2.71 bits per heavy atom. The molecule has 0 bridgehead atoms. The molecule has 2 heterocycles. The second-order valence-corrected chi connectivity index (χ2v) is 6.07. The van der Waals surface area contributed by atoms with E-state index in [0.29, 0.717) is 23.3 Å². The lowest BCUT2D eigenvalue weighted by Gasteiger charge is -2.19. The van der Waals surface area contributed by atoms with E-state index >= 15 is 0 Å². The van der Waals surface area contributed by atoms with Gasteiger partial charge in [-0.25, -0.2) is 18.7 Å². The summed E-state index contributed by atoms with van der Waals surface area (Å²) in [6, 6.07) is 6.33. The Hall–Kier alpha value is -2.76. The minimum atomic E-state index is -0.437. The number of hydrogen-bond acceptors (Lipinski definition) is 3. The van der Waals surface area contributed by atoms with Crippen molar-refractivity contribution >= 4 is 11.6 Å². The van der Waals surface area contributed by atoms with Crippen molar-refractivity contribution in [3.05, 3.63) is 58.0 Å². The number of imidazole rings is 1. The first-order valence-corrected chi connectivity index (χ1v) is 7.99. The molecule has 0 saturated heterocycles. The normalized spacial score (nSPS) is 13.9. The van der Waals surface area contributed by atoms with Gasteiger partial charge in [0.25, 0.3) is 0 Å². The molecule has 6 heteroatoms. The quantitative estimate of drug-likeness (QED) is 0.691. The minimum absolute atomic E-state index is 0.304. The highest BCUT2D eigenvalue weighted by molar-refractivity contribution is 5.78. The van der Waals surface area contributed by atoms with Gasteiger partial charge in [0.05, 0.1) is 5.69 Å². The van der Waals surface area contributed by atoms with Gasteiger partial charge in [0.15, 0.2) is 0 Å². The molecule has 0 fully saturated rings. The number of carbonyl (C=O) groups excluding carboxylic acids is 1. The van der Waals surface area contributed by atoms with E-state index in [9.17, 15) is 14.0 Å². The number of carbonyl (C=O) groups is 1. The molecule has 1 aromatic carbocycles. The van der Waals surface area contributed by atoms with E-state index < -0.39 is 5.69 Å². The minimum Gasteiger partial charge on any atom is -0.274 e. The van der Waals surface area contributed by atoms with Crippen LogP contribution >= 0.6 is 0 Å². The zero-order valence-electron chi connectivity index (χ0n) is 13.3. The zero-order chi connectivity index (χ0) is 16.8. The molecule has 1 aliphatic carbocycles. The Bertz CT molecular complexity index is 1030. The Labute approximate surface area is 137 Å². The van der Waals surface area contributed by atoms with Gasteiger partial charge in [-0.15, -0.1) is 0 Å². The third-order valence-corrected chi connectivity index (χ3v) is 4.55. The molecule has 0 amide bonds. The van der Waals surface area contributed by atoms with E-state index in [2.05, 4.69) is 4.98 Å². The number of aromatic nitrogens is 3. The summed E-state index contributed by atoms with van der Waals surface area (Å²) in [5.41, 5.74) is 2.51. The first-order valence-electron chi connectivity index (χ1n) is 7.99. The third-order valence-electron chi connectivity index (χ3n) is 4.55. The molecule has 0 atom stereocenters. The highest BCUT2D eigenvalue weighted by Crippen LogP contribution is 2.27. The Morgan fingerprint density at radius 2 is 1.96 bits per heavy atom. The van der Waals surface area contributed by atoms with E-state index in [1.54, 1.807) is 18.2 Å². The summed E-state index contributed by atoms with van der Waals surface area (Å²) in [4.78, 5) is 29.2. The molecule has 24 heavy (non-hydrogen) atoms. The highest BCUT2D eigenvalue weighted by Gasteiger charge is 2.23. The molecule has 5 nitrogen and oxygen atoms in total. The fourth-order valence-corrected chi connectivity index (χ4v) is 3.46. The number of nitrogens with zero attached hydrogens (tertiary/aromatic N) is 3. The number of rotatable bonds is 1. The van der Waals surface area contributed by atoms with Gasteiger partial charge in [0, 0.05) is 29.9 Å². The second-order valence-electron chi connectivity index (χ2n) is 6.07. The summed E-state index contributed by atoms with van der Waals surface area (Å²) in [6.45, 7) is 1.39. The molecule has 0 aliphatic heterocycles. The molecular weight excluding hydrogens is 309 g/mol. The van der Waals surface area contributed by atoms with Crippen molar-refractivity contribution in [1.29, 1.82) is 0 Å². The van der Waals surface area contributed by atoms with Crippen LogP contribution in [-0.4, -0.2) is 19.9 Å². The molecule has 0 saturated carbocycles. The summed E-state index contributed by atoms with van der Waals surface area (Å²) in [5, 5.41) is 0. The van der Waals surface area contributed by atoms with Crippen molar-refractivity contribution in [1.82, 2.24) is 14.0 Å². The molecule has 0 spiro atoms. The predicted molar refractivity (Wildman–Crippen MR) is 87.8 cm³/mol. The van der Waals surface area contributed by atoms with Crippen LogP contribution in [0.5, 0.6) is 0 Å². The monoisotopic (exact) mass is 325 g/mol. The van der Waals surface area contributed by atoms with Gasteiger partial charge in [0.2, 0.25) is 5.91 Å². The summed E-state index contributed by atoms with van der Waals surface area (Å²) >= 11 is 0. The van der Waals surface area contributed by atoms with Crippen molar-refractivity contribution in [2.75, 3.05) is 0 Å². The van der Waals surface area contributed by atoms with Gasteiger partial charge in [-0.05, 0) is 37.8 Å². The molecule has 4 rings (SSSR count). The van der Waals surface area contributed by atoms with Gasteiger partial charge in [-0.3, -0.25) is 9.20 Å². The summed E-state index contributed by atoms with van der Waals surface area (Å²) in [6.07, 6.45) is 4.89. The predicted octanol–water partition coefficient (Wildman–Crippen LogP) is 2.84. The van der Waals surface area contributed by atoms with Gasteiger partial charge < -0.3 is 0 Å². The lowest BCUT2D eigenvalue weighted by Crippen LogP contribution is -2.35. The maximum Gasteiger partial charge on any atom is 0.340 e. The zero-order valence-corrected chi connectivity index (χ0v) is 13.3. The van der Waals surface area contributed by atoms with Gasteiger partial charge in [-0.2, -0.15) is 0 Å². The topological polar surface area (TPSA) is 56.4 Å². The molecule has 122 valence electrons. The summed E-state index contributed by atoms with van der Waals surface area (Å²) in [5.74, 6) is -0.692. The van der Waals surface area contributed by atoms with Crippen LogP contribution in [0.2, 0.25) is 0 Å². The lowest BCUT2D eigenvalue weighted by molar-refractivity contribution is 0.0925. The fraction of sp³-hybridized carbons (Fsp3) is 0.278. The van der Waals surface area contributed by atoms with Gasteiger partial charge in [0.1, 0.15) is 11.5 Å². The molecule has 1 aliphatic rings. The van der Waals surface area contributed by atoms with Crippen LogP contribution in [0.4, 0.5) is 4.39 Å². The average Bonchev–Trinajstić information content (AvgIpc) is 3.01. The van der Waals surface area contributed by atoms with Crippen LogP contribution in [-0.2, 0) is 12.8 Å². The number of fused-ring (bicyclic) bond motifs is 3. The van der Waals surface area contributed by atoms with Gasteiger partial charge in [-0.1, -0.05) is 12.1 Å². The SMILES string of the molecule is CC(=O)n1c2c(c3nc(-c4ccccc4F)cn3c1=O)CCCC2. The van der Waals surface area contributed by atoms with Crippen LogP contribution in [0.15, 0.2) is 35.3 Å². The first-order chi connectivity index (χ1) is 11.6. The smallest absolute Gasteiger partial charge is 0.274 e. The standard InChI is InChI=1S/C18H16FN3O2/c1-11(23)22-16-9-5-3-7-13(16)17-20-15(10-21(17)18(22)24)12-6-2-4-8-14(12)19/h2,4,6,8,10H,3,5,7,9H2,1H3. The molecule has 2 aromatic heterocycles. The maximum absolute atomic E-state index is 14.1. The van der Waals surface area contributed by atoms with Crippen molar-refractivity contribution in [2.24, 2.45) is 0 Å². The Morgan fingerprint density at radius 1 is 1.21 bits per heavy atom. The van der Waals surface area contributed by atoms with Crippen LogP contribution in [0.25, 0.3) is 16.9 Å². The number of benzene rings is 1. The summed E-state index contributed by atoms with van der Waals surface area (Å²) in [7, 11) is 0.